The number of fused-ring (bicyclic) bond motifs is 9. The van der Waals surface area contributed by atoms with Gasteiger partial charge in [-0.1, -0.05) is 18.6 Å². The molecule has 25 heavy (non-hydrogen) atoms. The predicted molar refractivity (Wildman–Crippen MR) is 95.6 cm³/mol. The van der Waals surface area contributed by atoms with Gasteiger partial charge >= 0.3 is 5.97 Å². The van der Waals surface area contributed by atoms with Crippen molar-refractivity contribution in [3.63, 3.8) is 0 Å². The highest BCUT2D eigenvalue weighted by Crippen LogP contribution is 2.67. The van der Waals surface area contributed by atoms with Crippen LogP contribution in [0.4, 0.5) is 0 Å². The third kappa shape index (κ3) is 2.44. The third-order valence-electron chi connectivity index (χ3n) is 8.57. The molecule has 1 N–H and O–H groups in total. The molecule has 9 atom stereocenters. The van der Waals surface area contributed by atoms with Gasteiger partial charge in [-0.25, -0.2) is 0 Å². The quantitative estimate of drug-likeness (QED) is 0.479. The van der Waals surface area contributed by atoms with Crippen LogP contribution < -0.4 is 0 Å². The average Bonchev–Trinajstić information content (AvgIpc) is 3.33. The number of allylic oxidation sites excluding steroid dienone is 2. The highest BCUT2D eigenvalue weighted by Gasteiger charge is 2.62. The summed E-state index contributed by atoms with van der Waals surface area (Å²) in [5.41, 5.74) is -0.450. The van der Waals surface area contributed by atoms with E-state index in [4.69, 9.17) is 4.74 Å². The standard InChI is InChI=1S/C22H32O3/c1-22(2,15-4-3-5-16(23)11-15)25-21(24)18-10-14-9-17(18)20-13-7-6-12(8-13)19(14)20/h6-7,12-20,23H,3-5,8-11H2,1-2H3. The van der Waals surface area contributed by atoms with E-state index in [2.05, 4.69) is 26.0 Å². The molecule has 138 valence electrons. The van der Waals surface area contributed by atoms with Crippen LogP contribution in [0.2, 0.25) is 0 Å². The van der Waals surface area contributed by atoms with Gasteiger partial charge in [-0.2, -0.15) is 0 Å². The first kappa shape index (κ1) is 16.4. The molecule has 5 aliphatic rings. The molecule has 0 heterocycles. The summed E-state index contributed by atoms with van der Waals surface area (Å²) in [7, 11) is 0. The van der Waals surface area contributed by atoms with E-state index >= 15 is 0 Å². The normalized spacial score (nSPS) is 50.3. The van der Waals surface area contributed by atoms with Crippen LogP contribution in [0.15, 0.2) is 12.2 Å². The Morgan fingerprint density at radius 3 is 2.56 bits per heavy atom. The molecule has 3 heteroatoms. The van der Waals surface area contributed by atoms with Crippen molar-refractivity contribution >= 4 is 5.97 Å². The number of rotatable bonds is 3. The van der Waals surface area contributed by atoms with Crippen LogP contribution in [0.5, 0.6) is 0 Å². The molecule has 5 rings (SSSR count). The first-order valence-corrected chi connectivity index (χ1v) is 10.5. The van der Waals surface area contributed by atoms with Crippen LogP contribution in [0.25, 0.3) is 0 Å². The molecule has 0 aromatic carbocycles. The van der Waals surface area contributed by atoms with Crippen molar-refractivity contribution in [2.24, 2.45) is 47.3 Å². The summed E-state index contributed by atoms with van der Waals surface area (Å²) in [5.74, 6) is 4.97. The Hall–Kier alpha value is -0.830. The Labute approximate surface area is 151 Å². The molecule has 0 aromatic heterocycles. The van der Waals surface area contributed by atoms with E-state index in [0.717, 1.165) is 61.7 Å². The lowest BCUT2D eigenvalue weighted by Crippen LogP contribution is -2.43. The average molecular weight is 344 g/mol. The fourth-order valence-electron chi connectivity index (χ4n) is 7.50. The fourth-order valence-corrected chi connectivity index (χ4v) is 7.50. The molecule has 0 saturated heterocycles. The molecule has 0 radical (unpaired) electrons. The lowest BCUT2D eigenvalue weighted by Gasteiger charge is -2.40. The van der Waals surface area contributed by atoms with Gasteiger partial charge in [0.1, 0.15) is 5.60 Å². The van der Waals surface area contributed by atoms with Crippen LogP contribution in [0, 0.1) is 47.3 Å². The van der Waals surface area contributed by atoms with E-state index in [-0.39, 0.29) is 23.9 Å². The summed E-state index contributed by atoms with van der Waals surface area (Å²) in [6, 6.07) is 0. The van der Waals surface area contributed by atoms with Crippen molar-refractivity contribution in [1.82, 2.24) is 0 Å². The molecule has 3 nitrogen and oxygen atoms in total. The lowest BCUT2D eigenvalue weighted by molar-refractivity contribution is -0.172. The second-order valence-corrected chi connectivity index (χ2v) is 10.1. The SMILES string of the molecule is CC(C)(OC(=O)C1CC2CC1C1C3C=CC(C3)C21)C1CCCC(O)C1. The minimum Gasteiger partial charge on any atom is -0.459 e. The zero-order valence-corrected chi connectivity index (χ0v) is 15.6. The molecular formula is C22H32O3. The van der Waals surface area contributed by atoms with Crippen molar-refractivity contribution in [2.75, 3.05) is 0 Å². The number of aliphatic hydroxyl groups excluding tert-OH is 1. The van der Waals surface area contributed by atoms with Gasteiger partial charge in [-0.15, -0.1) is 0 Å². The van der Waals surface area contributed by atoms with Crippen LogP contribution in [0.1, 0.15) is 58.8 Å². The largest absolute Gasteiger partial charge is 0.459 e. The highest BCUT2D eigenvalue weighted by atomic mass is 16.6. The van der Waals surface area contributed by atoms with Crippen LogP contribution in [0.3, 0.4) is 0 Å². The number of ether oxygens (including phenoxy) is 1. The van der Waals surface area contributed by atoms with E-state index in [1.807, 2.05) is 0 Å². The Balaban J connectivity index is 1.27. The Morgan fingerprint density at radius 2 is 1.80 bits per heavy atom. The number of hydrogen-bond acceptors (Lipinski definition) is 3. The molecule has 0 amide bonds. The topological polar surface area (TPSA) is 46.5 Å². The smallest absolute Gasteiger partial charge is 0.309 e. The number of esters is 1. The van der Waals surface area contributed by atoms with Gasteiger partial charge in [0.25, 0.3) is 0 Å². The van der Waals surface area contributed by atoms with Crippen molar-refractivity contribution in [2.45, 2.75) is 70.5 Å². The zero-order chi connectivity index (χ0) is 17.3. The summed E-state index contributed by atoms with van der Waals surface area (Å²) in [6.07, 6.45) is 12.1. The van der Waals surface area contributed by atoms with Crippen molar-refractivity contribution in [1.29, 1.82) is 0 Å². The molecule has 0 aromatic rings. The van der Waals surface area contributed by atoms with Crippen LogP contribution in [-0.2, 0) is 9.53 Å². The maximum atomic E-state index is 13.1. The minimum atomic E-state index is -0.450. The summed E-state index contributed by atoms with van der Waals surface area (Å²) >= 11 is 0. The predicted octanol–water partition coefficient (Wildman–Crippen LogP) is 3.95. The number of hydrogen-bond donors (Lipinski definition) is 1. The van der Waals surface area contributed by atoms with E-state index < -0.39 is 5.60 Å². The molecule has 4 saturated carbocycles. The summed E-state index contributed by atoms with van der Waals surface area (Å²) < 4.78 is 6.12. The molecule has 5 aliphatic carbocycles. The Bertz CT molecular complexity index is 594. The molecule has 4 bridgehead atoms. The van der Waals surface area contributed by atoms with Crippen LogP contribution in [-0.4, -0.2) is 22.8 Å². The lowest BCUT2D eigenvalue weighted by atomic mass is 9.69. The molecule has 0 aliphatic heterocycles. The van der Waals surface area contributed by atoms with Gasteiger partial charge in [-0.3, -0.25) is 4.79 Å². The summed E-state index contributed by atoms with van der Waals surface area (Å²) in [4.78, 5) is 13.1. The van der Waals surface area contributed by atoms with E-state index in [1.165, 1.54) is 12.8 Å². The maximum absolute atomic E-state index is 13.1. The summed E-state index contributed by atoms with van der Waals surface area (Å²) in [5, 5.41) is 9.99. The summed E-state index contributed by atoms with van der Waals surface area (Å²) in [6.45, 7) is 4.12. The van der Waals surface area contributed by atoms with Gasteiger partial charge in [0.15, 0.2) is 0 Å². The molecule has 4 fully saturated rings. The zero-order valence-electron chi connectivity index (χ0n) is 15.6. The van der Waals surface area contributed by atoms with Gasteiger partial charge < -0.3 is 9.84 Å². The number of aliphatic hydroxyl groups is 1. The second kappa shape index (κ2) is 5.58. The molecular weight excluding hydrogens is 312 g/mol. The third-order valence-corrected chi connectivity index (χ3v) is 8.57. The monoisotopic (exact) mass is 344 g/mol. The molecule has 9 unspecified atom stereocenters. The second-order valence-electron chi connectivity index (χ2n) is 10.1. The Morgan fingerprint density at radius 1 is 1.04 bits per heavy atom. The minimum absolute atomic E-state index is 0.0581. The van der Waals surface area contributed by atoms with Gasteiger partial charge in [-0.05, 0) is 87.9 Å². The van der Waals surface area contributed by atoms with Crippen LogP contribution >= 0.6 is 0 Å². The fraction of sp³-hybridized carbons (Fsp3) is 0.864. The van der Waals surface area contributed by atoms with Gasteiger partial charge in [0, 0.05) is 5.92 Å². The highest BCUT2D eigenvalue weighted by molar-refractivity contribution is 5.74. The van der Waals surface area contributed by atoms with Gasteiger partial charge in [0.05, 0.1) is 12.0 Å². The molecule has 0 spiro atoms. The van der Waals surface area contributed by atoms with E-state index in [1.54, 1.807) is 0 Å². The van der Waals surface area contributed by atoms with Crippen molar-refractivity contribution in [3.8, 4) is 0 Å². The van der Waals surface area contributed by atoms with E-state index in [9.17, 15) is 9.90 Å². The first-order chi connectivity index (χ1) is 11.9. The van der Waals surface area contributed by atoms with Gasteiger partial charge in [0.2, 0.25) is 0 Å². The number of carbonyl (C=O) groups is 1. The van der Waals surface area contributed by atoms with E-state index in [0.29, 0.717) is 5.92 Å². The van der Waals surface area contributed by atoms with Crippen molar-refractivity contribution < 1.29 is 14.6 Å². The maximum Gasteiger partial charge on any atom is 0.309 e. The number of carbonyl (C=O) groups excluding carboxylic acids is 1. The Kier molecular flexibility index (Phi) is 3.65. The first-order valence-electron chi connectivity index (χ1n) is 10.5. The van der Waals surface area contributed by atoms with Crippen molar-refractivity contribution in [3.05, 3.63) is 12.2 Å².